The number of ketones is 1. The van der Waals surface area contributed by atoms with E-state index in [0.29, 0.717) is 18.7 Å². The van der Waals surface area contributed by atoms with Crippen LogP contribution in [0.2, 0.25) is 0 Å². The van der Waals surface area contributed by atoms with E-state index in [9.17, 15) is 14.0 Å². The lowest BCUT2D eigenvalue weighted by Gasteiger charge is -2.22. The Morgan fingerprint density at radius 3 is 2.85 bits per heavy atom. The largest absolute Gasteiger partial charge is 0.359 e. The zero-order valence-electron chi connectivity index (χ0n) is 11.8. The van der Waals surface area contributed by atoms with Crippen molar-refractivity contribution in [2.45, 2.75) is 13.3 Å². The molecule has 1 unspecified atom stereocenters. The number of benzene rings is 1. The zero-order valence-corrected chi connectivity index (χ0v) is 11.8. The van der Waals surface area contributed by atoms with Crippen LogP contribution in [0.15, 0.2) is 24.3 Å². The average Bonchev–Trinajstić information content (AvgIpc) is 2.80. The van der Waals surface area contributed by atoms with Gasteiger partial charge in [0.25, 0.3) is 0 Å². The van der Waals surface area contributed by atoms with Gasteiger partial charge in [0, 0.05) is 19.2 Å². The van der Waals surface area contributed by atoms with Gasteiger partial charge in [0.05, 0.1) is 12.0 Å². The van der Waals surface area contributed by atoms with Gasteiger partial charge in [0.2, 0.25) is 5.91 Å². The van der Waals surface area contributed by atoms with Crippen LogP contribution in [0.3, 0.4) is 0 Å². The molecular formula is C15H19FN2O2. The Kier molecular flexibility index (Phi) is 4.18. The first-order valence-corrected chi connectivity index (χ1v) is 6.68. The van der Waals surface area contributed by atoms with E-state index < -0.39 is 11.2 Å². The number of rotatable bonds is 4. The Labute approximate surface area is 118 Å². The molecule has 1 aliphatic heterocycles. The van der Waals surface area contributed by atoms with Crippen LogP contribution in [-0.2, 0) is 4.79 Å². The third kappa shape index (κ3) is 3.04. The van der Waals surface area contributed by atoms with Crippen LogP contribution in [0.4, 0.5) is 4.39 Å². The SMILES string of the molecule is CNC(=O)C1(C)CCN(CC(=O)c2cccc(F)c2)C1. The van der Waals surface area contributed by atoms with Crippen molar-refractivity contribution in [2.75, 3.05) is 26.7 Å². The fourth-order valence-corrected chi connectivity index (χ4v) is 2.63. The van der Waals surface area contributed by atoms with E-state index in [2.05, 4.69) is 5.32 Å². The minimum atomic E-state index is -0.447. The summed E-state index contributed by atoms with van der Waals surface area (Å²) in [5, 5.41) is 2.66. The summed E-state index contributed by atoms with van der Waals surface area (Å²) in [6.45, 7) is 3.37. The van der Waals surface area contributed by atoms with Gasteiger partial charge in [-0.3, -0.25) is 14.5 Å². The second-order valence-corrected chi connectivity index (χ2v) is 5.53. The topological polar surface area (TPSA) is 49.4 Å². The molecule has 1 aliphatic rings. The average molecular weight is 278 g/mol. The molecule has 0 aromatic heterocycles. The molecule has 1 aromatic carbocycles. The predicted molar refractivity (Wildman–Crippen MR) is 74.0 cm³/mol. The van der Waals surface area contributed by atoms with Crippen molar-refractivity contribution in [1.29, 1.82) is 0 Å². The number of Topliss-reactive ketones (excluding diaryl/α,β-unsaturated/α-hetero) is 1. The second-order valence-electron chi connectivity index (χ2n) is 5.53. The van der Waals surface area contributed by atoms with Crippen LogP contribution < -0.4 is 5.32 Å². The van der Waals surface area contributed by atoms with E-state index in [-0.39, 0.29) is 18.2 Å². The van der Waals surface area contributed by atoms with Crippen LogP contribution in [0, 0.1) is 11.2 Å². The molecule has 1 amide bonds. The molecule has 20 heavy (non-hydrogen) atoms. The lowest BCUT2D eigenvalue weighted by Crippen LogP contribution is -2.40. The monoisotopic (exact) mass is 278 g/mol. The molecule has 1 heterocycles. The number of nitrogens with zero attached hydrogens (tertiary/aromatic N) is 1. The van der Waals surface area contributed by atoms with Crippen molar-refractivity contribution in [3.05, 3.63) is 35.6 Å². The molecule has 1 atom stereocenters. The molecule has 4 nitrogen and oxygen atoms in total. The van der Waals surface area contributed by atoms with Crippen molar-refractivity contribution in [3.63, 3.8) is 0 Å². The summed E-state index contributed by atoms with van der Waals surface area (Å²) in [4.78, 5) is 25.9. The summed E-state index contributed by atoms with van der Waals surface area (Å²) in [5.74, 6) is -0.531. The number of halogens is 1. The van der Waals surface area contributed by atoms with Gasteiger partial charge in [-0.15, -0.1) is 0 Å². The van der Waals surface area contributed by atoms with E-state index in [1.54, 1.807) is 13.1 Å². The first-order chi connectivity index (χ1) is 9.44. The highest BCUT2D eigenvalue weighted by molar-refractivity contribution is 5.97. The fraction of sp³-hybridized carbons (Fsp3) is 0.467. The van der Waals surface area contributed by atoms with Crippen molar-refractivity contribution in [1.82, 2.24) is 10.2 Å². The Balaban J connectivity index is 1.99. The molecule has 2 rings (SSSR count). The molecule has 0 spiro atoms. The number of hydrogen-bond donors (Lipinski definition) is 1. The van der Waals surface area contributed by atoms with Crippen LogP contribution in [0.5, 0.6) is 0 Å². The molecule has 1 saturated heterocycles. The summed E-state index contributed by atoms with van der Waals surface area (Å²) < 4.78 is 13.1. The summed E-state index contributed by atoms with van der Waals surface area (Å²) >= 11 is 0. The number of carbonyl (C=O) groups excluding carboxylic acids is 2. The third-order valence-electron chi connectivity index (χ3n) is 3.84. The minimum Gasteiger partial charge on any atom is -0.359 e. The Hall–Kier alpha value is -1.75. The zero-order chi connectivity index (χ0) is 14.8. The number of nitrogens with one attached hydrogen (secondary N) is 1. The Morgan fingerprint density at radius 1 is 1.45 bits per heavy atom. The van der Waals surface area contributed by atoms with Gasteiger partial charge in [0.15, 0.2) is 5.78 Å². The first-order valence-electron chi connectivity index (χ1n) is 6.68. The lowest BCUT2D eigenvalue weighted by atomic mass is 9.89. The summed E-state index contributed by atoms with van der Waals surface area (Å²) in [6.07, 6.45) is 0.725. The maximum Gasteiger partial charge on any atom is 0.227 e. The maximum atomic E-state index is 13.1. The highest BCUT2D eigenvalue weighted by Crippen LogP contribution is 2.30. The highest BCUT2D eigenvalue weighted by atomic mass is 19.1. The molecule has 0 saturated carbocycles. The Morgan fingerprint density at radius 2 is 2.20 bits per heavy atom. The quantitative estimate of drug-likeness (QED) is 0.848. The smallest absolute Gasteiger partial charge is 0.227 e. The van der Waals surface area contributed by atoms with Crippen LogP contribution >= 0.6 is 0 Å². The van der Waals surface area contributed by atoms with Crippen LogP contribution in [0.1, 0.15) is 23.7 Å². The predicted octanol–water partition coefficient (Wildman–Crippen LogP) is 1.47. The van der Waals surface area contributed by atoms with Gasteiger partial charge >= 0.3 is 0 Å². The van der Waals surface area contributed by atoms with E-state index in [4.69, 9.17) is 0 Å². The number of likely N-dealkylation sites (tertiary alicyclic amines) is 1. The fourth-order valence-electron chi connectivity index (χ4n) is 2.63. The van der Waals surface area contributed by atoms with E-state index >= 15 is 0 Å². The van der Waals surface area contributed by atoms with Gasteiger partial charge in [-0.25, -0.2) is 4.39 Å². The van der Waals surface area contributed by atoms with Gasteiger partial charge < -0.3 is 5.32 Å². The van der Waals surface area contributed by atoms with E-state index in [1.165, 1.54) is 18.2 Å². The van der Waals surface area contributed by atoms with Crippen molar-refractivity contribution >= 4 is 11.7 Å². The summed E-state index contributed by atoms with van der Waals surface area (Å²) in [5.41, 5.74) is -0.0738. The first kappa shape index (κ1) is 14.7. The van der Waals surface area contributed by atoms with Crippen LogP contribution in [-0.4, -0.2) is 43.3 Å². The van der Waals surface area contributed by atoms with Gasteiger partial charge in [-0.2, -0.15) is 0 Å². The molecule has 1 fully saturated rings. The molecule has 1 N–H and O–H groups in total. The maximum absolute atomic E-state index is 13.1. The highest BCUT2D eigenvalue weighted by Gasteiger charge is 2.40. The number of hydrogen-bond acceptors (Lipinski definition) is 3. The summed E-state index contributed by atoms with van der Waals surface area (Å²) in [6, 6.07) is 5.70. The van der Waals surface area contributed by atoms with E-state index in [0.717, 1.165) is 6.42 Å². The third-order valence-corrected chi connectivity index (χ3v) is 3.84. The van der Waals surface area contributed by atoms with Gasteiger partial charge in [0.1, 0.15) is 5.82 Å². The standard InChI is InChI=1S/C15H19FN2O2/c1-15(14(20)17-2)6-7-18(10-15)9-13(19)11-4-3-5-12(16)8-11/h3-5,8H,6-7,9-10H2,1-2H3,(H,17,20). The molecule has 0 radical (unpaired) electrons. The molecule has 5 heteroatoms. The van der Waals surface area contributed by atoms with Crippen molar-refractivity contribution < 1.29 is 14.0 Å². The molecule has 0 bridgehead atoms. The molecular weight excluding hydrogens is 259 g/mol. The Bertz CT molecular complexity index is 532. The minimum absolute atomic E-state index is 0.00166. The normalized spacial score (nSPS) is 22.8. The van der Waals surface area contributed by atoms with Gasteiger partial charge in [-0.1, -0.05) is 12.1 Å². The van der Waals surface area contributed by atoms with Crippen molar-refractivity contribution in [3.8, 4) is 0 Å². The van der Waals surface area contributed by atoms with E-state index in [1.807, 2.05) is 11.8 Å². The van der Waals surface area contributed by atoms with Crippen LogP contribution in [0.25, 0.3) is 0 Å². The number of amides is 1. The van der Waals surface area contributed by atoms with Crippen molar-refractivity contribution in [2.24, 2.45) is 5.41 Å². The van der Waals surface area contributed by atoms with Gasteiger partial charge in [-0.05, 0) is 32.0 Å². The molecule has 108 valence electrons. The molecule has 1 aromatic rings. The lowest BCUT2D eigenvalue weighted by molar-refractivity contribution is -0.129. The summed E-state index contributed by atoms with van der Waals surface area (Å²) in [7, 11) is 1.62. The number of carbonyl (C=O) groups is 2. The molecule has 0 aliphatic carbocycles. The second kappa shape index (κ2) is 5.71.